The minimum Gasteiger partial charge on any atom is -0.392 e. The third-order valence-electron chi connectivity index (χ3n) is 6.90. The number of fused-ring (bicyclic) bond motifs is 1. The van der Waals surface area contributed by atoms with Crippen LogP contribution < -0.4 is 0 Å². The second-order valence-corrected chi connectivity index (χ2v) is 8.05. The Labute approximate surface area is 154 Å². The number of benzene rings is 2. The first-order valence-electron chi connectivity index (χ1n) is 9.46. The summed E-state index contributed by atoms with van der Waals surface area (Å²) in [4.78, 5) is 14.7. The van der Waals surface area contributed by atoms with Gasteiger partial charge in [0, 0.05) is 32.0 Å². The first kappa shape index (κ1) is 17.5. The average Bonchev–Trinajstić information content (AvgIpc) is 2.67. The van der Waals surface area contributed by atoms with Crippen molar-refractivity contribution in [1.82, 2.24) is 4.90 Å². The average molecular weight is 353 g/mol. The molecule has 2 aromatic carbocycles. The van der Waals surface area contributed by atoms with E-state index in [4.69, 9.17) is 4.74 Å². The Morgan fingerprint density at radius 2 is 1.88 bits per heavy atom. The number of methoxy groups -OCH3 is 1. The van der Waals surface area contributed by atoms with Gasteiger partial charge in [0.2, 0.25) is 5.91 Å². The molecule has 0 bridgehead atoms. The highest BCUT2D eigenvalue weighted by Gasteiger charge is 2.63. The zero-order chi connectivity index (χ0) is 18.4. The van der Waals surface area contributed by atoms with E-state index in [1.54, 1.807) is 7.11 Å². The molecule has 138 valence electrons. The SMILES string of the molecule is COC1(C)CC(O)C12CCN(C(=O)Cc1ccc3ccccc3c1)CC2. The van der Waals surface area contributed by atoms with E-state index in [9.17, 15) is 9.90 Å². The molecule has 1 N–H and O–H groups in total. The van der Waals surface area contributed by atoms with Crippen molar-refractivity contribution in [3.8, 4) is 0 Å². The summed E-state index contributed by atoms with van der Waals surface area (Å²) in [6, 6.07) is 14.4. The van der Waals surface area contributed by atoms with Crippen molar-refractivity contribution < 1.29 is 14.6 Å². The Hall–Kier alpha value is -1.91. The number of rotatable bonds is 3. The lowest BCUT2D eigenvalue weighted by atomic mass is 9.51. The monoisotopic (exact) mass is 353 g/mol. The largest absolute Gasteiger partial charge is 0.392 e. The summed E-state index contributed by atoms with van der Waals surface area (Å²) in [5, 5.41) is 12.7. The number of nitrogens with zero attached hydrogens (tertiary/aromatic N) is 1. The molecule has 1 amide bonds. The van der Waals surface area contributed by atoms with Gasteiger partial charge in [0.1, 0.15) is 0 Å². The number of aliphatic hydroxyl groups excluding tert-OH is 1. The minimum atomic E-state index is -0.315. The van der Waals surface area contributed by atoms with Crippen molar-refractivity contribution >= 4 is 16.7 Å². The Morgan fingerprint density at radius 1 is 1.19 bits per heavy atom. The van der Waals surface area contributed by atoms with Crippen LogP contribution in [0.5, 0.6) is 0 Å². The number of aliphatic hydroxyl groups is 1. The van der Waals surface area contributed by atoms with Gasteiger partial charge < -0.3 is 14.7 Å². The van der Waals surface area contributed by atoms with Crippen LogP contribution in [0, 0.1) is 5.41 Å². The second kappa shape index (κ2) is 6.36. The van der Waals surface area contributed by atoms with E-state index in [-0.39, 0.29) is 23.0 Å². The number of carbonyl (C=O) groups is 1. The van der Waals surface area contributed by atoms with Crippen molar-refractivity contribution in [2.24, 2.45) is 5.41 Å². The van der Waals surface area contributed by atoms with Gasteiger partial charge in [-0.25, -0.2) is 0 Å². The third-order valence-corrected chi connectivity index (χ3v) is 6.90. The molecular formula is C22H27NO3. The molecule has 4 heteroatoms. The Morgan fingerprint density at radius 3 is 2.54 bits per heavy atom. The first-order valence-corrected chi connectivity index (χ1v) is 9.46. The molecule has 1 saturated carbocycles. The quantitative estimate of drug-likeness (QED) is 0.922. The van der Waals surface area contributed by atoms with Crippen LogP contribution in [0.15, 0.2) is 42.5 Å². The van der Waals surface area contributed by atoms with Gasteiger partial charge in [0.15, 0.2) is 0 Å². The second-order valence-electron chi connectivity index (χ2n) is 8.05. The Bertz CT molecular complexity index is 825. The number of carbonyl (C=O) groups excluding carboxylic acids is 1. The molecular weight excluding hydrogens is 326 g/mol. The van der Waals surface area contributed by atoms with Crippen LogP contribution >= 0.6 is 0 Å². The van der Waals surface area contributed by atoms with Crippen molar-refractivity contribution in [3.05, 3.63) is 48.0 Å². The highest BCUT2D eigenvalue weighted by atomic mass is 16.5. The fraction of sp³-hybridized carbons (Fsp3) is 0.500. The molecule has 1 aliphatic carbocycles. The summed E-state index contributed by atoms with van der Waals surface area (Å²) in [5.41, 5.74) is 0.598. The van der Waals surface area contributed by atoms with Gasteiger partial charge >= 0.3 is 0 Å². The van der Waals surface area contributed by atoms with E-state index in [0.29, 0.717) is 25.9 Å². The van der Waals surface area contributed by atoms with Crippen molar-refractivity contribution in [2.45, 2.75) is 44.3 Å². The van der Waals surface area contributed by atoms with E-state index < -0.39 is 0 Å². The van der Waals surface area contributed by atoms with Gasteiger partial charge in [-0.1, -0.05) is 42.5 Å². The van der Waals surface area contributed by atoms with Gasteiger partial charge in [-0.3, -0.25) is 4.79 Å². The van der Waals surface area contributed by atoms with Crippen LogP contribution in [-0.2, 0) is 16.0 Å². The topological polar surface area (TPSA) is 49.8 Å². The fourth-order valence-electron chi connectivity index (χ4n) is 4.93. The maximum Gasteiger partial charge on any atom is 0.226 e. The summed E-state index contributed by atoms with van der Waals surface area (Å²) in [7, 11) is 1.73. The van der Waals surface area contributed by atoms with E-state index in [2.05, 4.69) is 31.2 Å². The first-order chi connectivity index (χ1) is 12.5. The summed E-state index contributed by atoms with van der Waals surface area (Å²) in [5.74, 6) is 0.170. The highest BCUT2D eigenvalue weighted by molar-refractivity contribution is 5.85. The lowest BCUT2D eigenvalue weighted by molar-refractivity contribution is -0.261. The van der Waals surface area contributed by atoms with Crippen molar-refractivity contribution in [1.29, 1.82) is 0 Å². The third kappa shape index (κ3) is 2.63. The predicted molar refractivity (Wildman–Crippen MR) is 102 cm³/mol. The number of piperidine rings is 1. The molecule has 1 spiro atoms. The Balaban J connectivity index is 1.42. The summed E-state index contributed by atoms with van der Waals surface area (Å²) < 4.78 is 5.71. The van der Waals surface area contributed by atoms with Crippen LogP contribution in [0.4, 0.5) is 0 Å². The van der Waals surface area contributed by atoms with E-state index in [1.807, 2.05) is 23.1 Å². The summed E-state index contributed by atoms with van der Waals surface area (Å²) in [6.07, 6.45) is 2.42. The molecule has 26 heavy (non-hydrogen) atoms. The van der Waals surface area contributed by atoms with E-state index >= 15 is 0 Å². The van der Waals surface area contributed by atoms with Crippen molar-refractivity contribution in [2.75, 3.05) is 20.2 Å². The smallest absolute Gasteiger partial charge is 0.226 e. The molecule has 4 nitrogen and oxygen atoms in total. The highest BCUT2D eigenvalue weighted by Crippen LogP contribution is 2.57. The van der Waals surface area contributed by atoms with Gasteiger partial charge in [0.25, 0.3) is 0 Å². The molecule has 1 aliphatic heterocycles. The Kier molecular flexibility index (Phi) is 4.28. The van der Waals surface area contributed by atoms with E-state index in [1.165, 1.54) is 10.8 Å². The van der Waals surface area contributed by atoms with Crippen LogP contribution in [-0.4, -0.2) is 47.8 Å². The van der Waals surface area contributed by atoms with Crippen LogP contribution in [0.2, 0.25) is 0 Å². The number of amides is 1. The fourth-order valence-corrected chi connectivity index (χ4v) is 4.93. The van der Waals surface area contributed by atoms with Gasteiger partial charge in [-0.15, -0.1) is 0 Å². The lowest BCUT2D eigenvalue weighted by Crippen LogP contribution is -2.69. The molecule has 0 aromatic heterocycles. The number of hydrogen-bond donors (Lipinski definition) is 1. The molecule has 1 saturated heterocycles. The number of ether oxygens (including phenoxy) is 1. The molecule has 2 aliphatic rings. The molecule has 0 radical (unpaired) electrons. The normalized spacial score (nSPS) is 27.5. The lowest BCUT2D eigenvalue weighted by Gasteiger charge is -2.62. The molecule has 2 atom stereocenters. The number of hydrogen-bond acceptors (Lipinski definition) is 3. The van der Waals surface area contributed by atoms with Crippen LogP contribution in [0.25, 0.3) is 10.8 Å². The molecule has 2 unspecified atom stereocenters. The zero-order valence-electron chi connectivity index (χ0n) is 15.6. The zero-order valence-corrected chi connectivity index (χ0v) is 15.6. The van der Waals surface area contributed by atoms with Gasteiger partial charge in [0.05, 0.1) is 18.1 Å². The maximum absolute atomic E-state index is 12.8. The maximum atomic E-state index is 12.8. The molecule has 1 heterocycles. The minimum absolute atomic E-state index is 0.170. The summed E-state index contributed by atoms with van der Waals surface area (Å²) >= 11 is 0. The van der Waals surface area contributed by atoms with Crippen LogP contribution in [0.3, 0.4) is 0 Å². The van der Waals surface area contributed by atoms with Crippen LogP contribution in [0.1, 0.15) is 31.7 Å². The molecule has 4 rings (SSSR count). The predicted octanol–water partition coefficient (Wildman–Crippen LogP) is 3.16. The van der Waals surface area contributed by atoms with Gasteiger partial charge in [-0.2, -0.15) is 0 Å². The van der Waals surface area contributed by atoms with Gasteiger partial charge in [-0.05, 0) is 36.1 Å². The van der Waals surface area contributed by atoms with E-state index in [0.717, 1.165) is 18.4 Å². The number of likely N-dealkylation sites (tertiary alicyclic amines) is 1. The van der Waals surface area contributed by atoms with Crippen molar-refractivity contribution in [3.63, 3.8) is 0 Å². The molecule has 2 aromatic rings. The standard InChI is InChI=1S/C22H27NO3/c1-21(26-2)15-19(24)22(21)9-11-23(12-10-22)20(25)14-16-7-8-17-5-3-4-6-18(17)13-16/h3-8,13,19,24H,9-12,14-15H2,1-2H3. The molecule has 2 fully saturated rings. The summed E-state index contributed by atoms with van der Waals surface area (Å²) in [6.45, 7) is 3.48.